The van der Waals surface area contributed by atoms with Crippen LogP contribution in [-0.2, 0) is 47.3 Å². The lowest BCUT2D eigenvalue weighted by Crippen LogP contribution is -2.82. The first-order valence-electron chi connectivity index (χ1n) is 23.4. The molecule has 15 nitrogen and oxygen atoms in total. The van der Waals surface area contributed by atoms with E-state index in [9.17, 15) is 29.4 Å². The Kier molecular flexibility index (Phi) is 13.9. The molecule has 0 aromatic heterocycles. The summed E-state index contributed by atoms with van der Waals surface area (Å²) in [7, 11) is -2.93. The predicted octanol–water partition coefficient (Wildman–Crippen LogP) is 6.77. The molecule has 4 aliphatic rings. The average molecular weight is 968 g/mol. The highest BCUT2D eigenvalue weighted by Crippen LogP contribution is 2.64. The summed E-state index contributed by atoms with van der Waals surface area (Å²) in [6.45, 7) is 18.2. The molecule has 69 heavy (non-hydrogen) atoms. The van der Waals surface area contributed by atoms with Gasteiger partial charge < -0.3 is 43.6 Å². The topological polar surface area (TPSA) is 210 Å². The molecular weight excluding hydrogens is 903 g/mol. The lowest BCUT2D eigenvalue weighted by atomic mass is 9.44. The third-order valence-corrected chi connectivity index (χ3v) is 20.1. The smallest absolute Gasteiger partial charge is 0.338 e. The van der Waals surface area contributed by atoms with Crippen molar-refractivity contribution in [3.63, 3.8) is 0 Å². The molecule has 3 aliphatic carbocycles. The molecule has 2 bridgehead atoms. The van der Waals surface area contributed by atoms with Crippen LogP contribution in [0.5, 0.6) is 0 Å². The zero-order valence-electron chi connectivity index (χ0n) is 41.2. The van der Waals surface area contributed by atoms with Crippen LogP contribution < -0.4 is 5.32 Å². The maximum absolute atomic E-state index is 15.8. The number of hydrogen-bond donors (Lipinski definition) is 3. The van der Waals surface area contributed by atoms with Gasteiger partial charge in [-0.25, -0.2) is 9.59 Å². The zero-order valence-corrected chi connectivity index (χ0v) is 42.2. The first-order chi connectivity index (χ1) is 32.2. The molecule has 7 rings (SSSR count). The summed E-state index contributed by atoms with van der Waals surface area (Å²) < 4.78 is 38.2. The van der Waals surface area contributed by atoms with Crippen molar-refractivity contribution in [3.05, 3.63) is 119 Å². The molecule has 1 aliphatic heterocycles. The largest absolute Gasteiger partial charge is 0.456 e. The van der Waals surface area contributed by atoms with Crippen LogP contribution in [0.3, 0.4) is 0 Å². The Bertz CT molecular complexity index is 2510. The molecule has 1 unspecified atom stereocenters. The van der Waals surface area contributed by atoms with E-state index in [1.807, 2.05) is 33.9 Å². The summed E-state index contributed by atoms with van der Waals surface area (Å²) >= 11 is 0. The molecule has 16 heteroatoms. The summed E-state index contributed by atoms with van der Waals surface area (Å²) in [5, 5.41) is 28.8. The van der Waals surface area contributed by atoms with Crippen LogP contribution in [0, 0.1) is 16.7 Å². The van der Waals surface area contributed by atoms with E-state index in [1.165, 1.54) is 26.0 Å². The van der Waals surface area contributed by atoms with Gasteiger partial charge in [0.15, 0.2) is 31.9 Å². The summed E-state index contributed by atoms with van der Waals surface area (Å²) in [5.41, 5.74) is -6.59. The van der Waals surface area contributed by atoms with Gasteiger partial charge in [-0.3, -0.25) is 19.2 Å². The SMILES string of the molecule is CC(=O)O[C@H]1C(=O)[C@]2(C)[C@@H](O)CC3OC[C@@]3(OC(C)=O)[C@H]2[C@H](OC(=O)c2ccccc2)[C@]2(O)C[C@H](OC(=O)[C@H](O[Si](C)(C)C(C)(C)C)[C@H](NC(=O)c3ccccc3)c3ccccc3)C(C)=C1C2(C)C. The molecule has 2 saturated carbocycles. The maximum atomic E-state index is 15.8. The first-order valence-corrected chi connectivity index (χ1v) is 26.3. The maximum Gasteiger partial charge on any atom is 0.338 e. The number of aliphatic hydroxyl groups is 2. The van der Waals surface area contributed by atoms with E-state index < -0.39 is 126 Å². The van der Waals surface area contributed by atoms with Gasteiger partial charge >= 0.3 is 23.9 Å². The van der Waals surface area contributed by atoms with Crippen LogP contribution in [0.1, 0.15) is 107 Å². The first kappa shape index (κ1) is 51.3. The number of carbonyl (C=O) groups is 6. The van der Waals surface area contributed by atoms with E-state index >= 15 is 9.59 Å². The lowest BCUT2D eigenvalue weighted by Gasteiger charge is -2.67. The van der Waals surface area contributed by atoms with E-state index in [-0.39, 0.29) is 29.7 Å². The third-order valence-electron chi connectivity index (χ3n) is 15.7. The second-order valence-corrected chi connectivity index (χ2v) is 26.0. The van der Waals surface area contributed by atoms with Crippen molar-refractivity contribution in [2.24, 2.45) is 16.7 Å². The van der Waals surface area contributed by atoms with Gasteiger partial charge in [-0.1, -0.05) is 101 Å². The van der Waals surface area contributed by atoms with Crippen molar-refractivity contribution in [1.29, 1.82) is 0 Å². The minimum absolute atomic E-state index is 0.0502. The molecule has 1 amide bonds. The second-order valence-electron chi connectivity index (χ2n) is 21.2. The van der Waals surface area contributed by atoms with Crippen molar-refractivity contribution < 1.29 is 67.1 Å². The number of amides is 1. The minimum atomic E-state index is -2.93. The molecule has 1 saturated heterocycles. The Hall–Kier alpha value is -5.52. The van der Waals surface area contributed by atoms with Gasteiger partial charge in [0.2, 0.25) is 0 Å². The molecular formula is C53H65NO14Si. The fraction of sp³-hybridized carbons (Fsp3) is 0.509. The summed E-state index contributed by atoms with van der Waals surface area (Å²) in [5.74, 6) is -6.32. The van der Waals surface area contributed by atoms with Gasteiger partial charge in [-0.05, 0) is 73.0 Å². The number of ether oxygens (including phenoxy) is 5. The predicted molar refractivity (Wildman–Crippen MR) is 254 cm³/mol. The normalized spacial score (nSPS) is 30.4. The monoisotopic (exact) mass is 967 g/mol. The van der Waals surface area contributed by atoms with Crippen LogP contribution in [0.4, 0.5) is 0 Å². The number of fused-ring (bicyclic) bond motifs is 5. The molecule has 1 heterocycles. The molecule has 11 atom stereocenters. The van der Waals surface area contributed by atoms with Crippen LogP contribution >= 0.6 is 0 Å². The average Bonchev–Trinajstić information content (AvgIpc) is 3.28. The second kappa shape index (κ2) is 18.7. The third kappa shape index (κ3) is 8.98. The van der Waals surface area contributed by atoms with Crippen molar-refractivity contribution in [2.45, 2.75) is 147 Å². The Labute approximate surface area is 404 Å². The van der Waals surface area contributed by atoms with E-state index in [4.69, 9.17) is 28.1 Å². The number of hydrogen-bond acceptors (Lipinski definition) is 14. The Morgan fingerprint density at radius 3 is 1.91 bits per heavy atom. The number of benzene rings is 3. The van der Waals surface area contributed by atoms with Gasteiger partial charge in [0.1, 0.15) is 23.9 Å². The Balaban J connectivity index is 1.44. The van der Waals surface area contributed by atoms with Gasteiger partial charge in [-0.15, -0.1) is 0 Å². The van der Waals surface area contributed by atoms with E-state index in [2.05, 4.69) is 5.32 Å². The van der Waals surface area contributed by atoms with Crippen molar-refractivity contribution >= 4 is 43.9 Å². The number of carbonyl (C=O) groups excluding carboxylic acids is 6. The van der Waals surface area contributed by atoms with Crippen LogP contribution in [0.25, 0.3) is 0 Å². The number of esters is 4. The molecule has 3 aromatic carbocycles. The summed E-state index contributed by atoms with van der Waals surface area (Å²) in [6, 6.07) is 24.2. The molecule has 0 radical (unpaired) electrons. The van der Waals surface area contributed by atoms with E-state index in [1.54, 1.807) is 99.6 Å². The molecule has 3 N–H and O–H groups in total. The van der Waals surface area contributed by atoms with Crippen LogP contribution in [-0.4, -0.2) is 109 Å². The van der Waals surface area contributed by atoms with Gasteiger partial charge in [0, 0.05) is 37.7 Å². The van der Waals surface area contributed by atoms with Crippen molar-refractivity contribution in [1.82, 2.24) is 5.32 Å². The highest BCUT2D eigenvalue weighted by Gasteiger charge is 2.78. The van der Waals surface area contributed by atoms with Crippen LogP contribution in [0.2, 0.25) is 18.1 Å². The number of nitrogens with one attached hydrogen (secondary N) is 1. The molecule has 3 aromatic rings. The van der Waals surface area contributed by atoms with Crippen molar-refractivity contribution in [3.8, 4) is 0 Å². The van der Waals surface area contributed by atoms with Crippen LogP contribution in [0.15, 0.2) is 102 Å². The van der Waals surface area contributed by atoms with Gasteiger partial charge in [-0.2, -0.15) is 0 Å². The highest BCUT2D eigenvalue weighted by atomic mass is 28.4. The fourth-order valence-electron chi connectivity index (χ4n) is 10.8. The molecule has 0 spiro atoms. The Morgan fingerprint density at radius 1 is 0.826 bits per heavy atom. The number of aliphatic hydroxyl groups excluding tert-OH is 1. The van der Waals surface area contributed by atoms with Gasteiger partial charge in [0.25, 0.3) is 5.91 Å². The lowest BCUT2D eigenvalue weighted by molar-refractivity contribution is -0.346. The van der Waals surface area contributed by atoms with E-state index in [0.29, 0.717) is 11.1 Å². The molecule has 3 fully saturated rings. The van der Waals surface area contributed by atoms with Gasteiger partial charge in [0.05, 0.1) is 35.6 Å². The molecule has 370 valence electrons. The zero-order chi connectivity index (χ0) is 50.6. The van der Waals surface area contributed by atoms with Crippen molar-refractivity contribution in [2.75, 3.05) is 6.61 Å². The number of rotatable bonds is 12. The van der Waals surface area contributed by atoms with E-state index in [0.717, 1.165) is 6.92 Å². The number of Topliss-reactive ketones (excluding diaryl/α,β-unsaturated/α-hetero) is 1. The summed E-state index contributed by atoms with van der Waals surface area (Å²) in [4.78, 5) is 86.2. The fourth-order valence-corrected chi connectivity index (χ4v) is 12.0. The number of ketones is 1. The quantitative estimate of drug-likeness (QED) is 0.0741. The highest BCUT2D eigenvalue weighted by molar-refractivity contribution is 6.74. The minimum Gasteiger partial charge on any atom is -0.456 e. The standard InChI is InChI=1S/C53H65NO14Si/c1-30-36(65-48(61)42(68-69(10,11)49(4,5)6)40(33-21-15-12-16-22-33)54-46(59)34-23-17-13-18-24-34)28-53(62)45(66-47(60)35-25-19-14-20-26-35)43-51(9,37(57)27-38-52(43,29-63-38)67-32(3)56)44(58)41(64-31(2)55)39(30)50(53,7)8/h12-26,36-38,40-43,45,57,62H,27-29H2,1-11H3,(H,54,59)/t36-,37-,38?,40+,41+,42+,43-,45-,51+,52-,53+/m0/s1. The summed E-state index contributed by atoms with van der Waals surface area (Å²) in [6.07, 6.45) is -9.79. The Morgan fingerprint density at radius 2 is 1.39 bits per heavy atom.